The van der Waals surface area contributed by atoms with Crippen LogP contribution in [-0.4, -0.2) is 47.6 Å². The van der Waals surface area contributed by atoms with Crippen molar-refractivity contribution in [1.82, 2.24) is 10.2 Å². The van der Waals surface area contributed by atoms with E-state index in [2.05, 4.69) is 5.32 Å². The number of aliphatic carboxylic acids is 1. The van der Waals surface area contributed by atoms with Gasteiger partial charge in [0.25, 0.3) is 0 Å². The van der Waals surface area contributed by atoms with Gasteiger partial charge in [0.2, 0.25) is 5.91 Å². The van der Waals surface area contributed by atoms with Gasteiger partial charge < -0.3 is 15.3 Å². The Kier molecular flexibility index (Phi) is 3.66. The summed E-state index contributed by atoms with van der Waals surface area (Å²) in [5.41, 5.74) is 0. The summed E-state index contributed by atoms with van der Waals surface area (Å²) in [4.78, 5) is 25.0. The molecule has 0 saturated carbocycles. The number of carboxylic acid groups (broad SMARTS) is 1. The highest BCUT2D eigenvalue weighted by Crippen LogP contribution is 2.27. The summed E-state index contributed by atoms with van der Waals surface area (Å²) in [7, 11) is 0. The van der Waals surface area contributed by atoms with Gasteiger partial charge in [-0.25, -0.2) is 0 Å². The third-order valence-electron chi connectivity index (χ3n) is 4.00. The first-order valence-corrected chi connectivity index (χ1v) is 6.35. The summed E-state index contributed by atoms with van der Waals surface area (Å²) in [6.45, 7) is 4.16. The minimum atomic E-state index is -0.783. The van der Waals surface area contributed by atoms with Crippen LogP contribution in [0.3, 0.4) is 0 Å². The zero-order chi connectivity index (χ0) is 12.4. The molecule has 5 nitrogen and oxygen atoms in total. The molecule has 2 rings (SSSR count). The number of piperidine rings is 1. The maximum absolute atomic E-state index is 12.3. The fourth-order valence-corrected chi connectivity index (χ4v) is 2.88. The molecule has 0 bridgehead atoms. The van der Waals surface area contributed by atoms with Crippen LogP contribution in [0.15, 0.2) is 0 Å². The second kappa shape index (κ2) is 5.04. The Labute approximate surface area is 101 Å². The number of amides is 1. The molecule has 0 radical (unpaired) electrons. The monoisotopic (exact) mass is 240 g/mol. The third-order valence-corrected chi connectivity index (χ3v) is 4.00. The van der Waals surface area contributed by atoms with Crippen molar-refractivity contribution in [2.45, 2.75) is 32.2 Å². The van der Waals surface area contributed by atoms with Crippen LogP contribution in [0.25, 0.3) is 0 Å². The minimum absolute atomic E-state index is 0.0405. The average molecular weight is 240 g/mol. The Morgan fingerprint density at radius 1 is 1.35 bits per heavy atom. The Hall–Kier alpha value is -1.10. The van der Waals surface area contributed by atoms with Gasteiger partial charge in [-0.3, -0.25) is 9.59 Å². The topological polar surface area (TPSA) is 69.6 Å². The Morgan fingerprint density at radius 2 is 2.12 bits per heavy atom. The summed E-state index contributed by atoms with van der Waals surface area (Å²) in [6.07, 6.45) is 2.54. The summed E-state index contributed by atoms with van der Waals surface area (Å²) in [6, 6.07) is -0.165. The van der Waals surface area contributed by atoms with E-state index in [-0.39, 0.29) is 17.9 Å². The van der Waals surface area contributed by atoms with Crippen molar-refractivity contribution >= 4 is 11.9 Å². The number of hydrogen-bond donors (Lipinski definition) is 2. The zero-order valence-electron chi connectivity index (χ0n) is 10.2. The molecule has 1 amide bonds. The van der Waals surface area contributed by atoms with Crippen molar-refractivity contribution in [1.29, 1.82) is 0 Å². The van der Waals surface area contributed by atoms with Crippen LogP contribution in [0, 0.1) is 11.8 Å². The second-order valence-corrected chi connectivity index (χ2v) is 5.05. The minimum Gasteiger partial charge on any atom is -0.481 e. The van der Waals surface area contributed by atoms with Crippen molar-refractivity contribution in [2.75, 3.05) is 19.6 Å². The van der Waals surface area contributed by atoms with E-state index in [9.17, 15) is 9.59 Å². The number of carboxylic acids is 1. The van der Waals surface area contributed by atoms with Gasteiger partial charge >= 0.3 is 5.97 Å². The predicted molar refractivity (Wildman–Crippen MR) is 62.5 cm³/mol. The van der Waals surface area contributed by atoms with Gasteiger partial charge in [0.1, 0.15) is 0 Å². The molecule has 3 atom stereocenters. The van der Waals surface area contributed by atoms with E-state index < -0.39 is 11.9 Å². The van der Waals surface area contributed by atoms with Gasteiger partial charge in [-0.2, -0.15) is 0 Å². The number of nitrogens with zero attached hydrogens (tertiary/aromatic N) is 1. The Balaban J connectivity index is 1.98. The van der Waals surface area contributed by atoms with E-state index in [1.54, 1.807) is 4.90 Å². The first-order valence-electron chi connectivity index (χ1n) is 6.35. The van der Waals surface area contributed by atoms with Crippen molar-refractivity contribution in [2.24, 2.45) is 11.8 Å². The van der Waals surface area contributed by atoms with Crippen LogP contribution >= 0.6 is 0 Å². The predicted octanol–water partition coefficient (Wildman–Crippen LogP) is 0.308. The summed E-state index contributed by atoms with van der Waals surface area (Å²) in [5, 5.41) is 12.3. The molecule has 2 aliphatic rings. The maximum Gasteiger partial charge on any atom is 0.308 e. The van der Waals surface area contributed by atoms with E-state index in [0.29, 0.717) is 13.0 Å². The van der Waals surface area contributed by atoms with Crippen LogP contribution in [0.4, 0.5) is 0 Å². The first kappa shape index (κ1) is 12.4. The van der Waals surface area contributed by atoms with Gasteiger partial charge in [0, 0.05) is 19.1 Å². The van der Waals surface area contributed by atoms with Gasteiger partial charge in [-0.1, -0.05) is 0 Å². The van der Waals surface area contributed by atoms with Crippen molar-refractivity contribution in [3.63, 3.8) is 0 Å². The molecule has 0 aromatic rings. The summed E-state index contributed by atoms with van der Waals surface area (Å²) >= 11 is 0. The van der Waals surface area contributed by atoms with Gasteiger partial charge in [-0.05, 0) is 32.7 Å². The highest BCUT2D eigenvalue weighted by Gasteiger charge is 2.40. The molecule has 0 aromatic heterocycles. The lowest BCUT2D eigenvalue weighted by atomic mass is 9.97. The molecule has 2 heterocycles. The Bertz CT molecular complexity index is 313. The van der Waals surface area contributed by atoms with Crippen molar-refractivity contribution in [3.05, 3.63) is 0 Å². The van der Waals surface area contributed by atoms with E-state index in [1.807, 2.05) is 6.92 Å². The fourth-order valence-electron chi connectivity index (χ4n) is 2.88. The van der Waals surface area contributed by atoms with E-state index in [0.717, 1.165) is 25.9 Å². The van der Waals surface area contributed by atoms with E-state index >= 15 is 0 Å². The van der Waals surface area contributed by atoms with Crippen LogP contribution < -0.4 is 5.32 Å². The third kappa shape index (κ3) is 2.44. The van der Waals surface area contributed by atoms with Crippen LogP contribution in [0.2, 0.25) is 0 Å². The molecular formula is C12H20N2O3. The molecular weight excluding hydrogens is 220 g/mol. The van der Waals surface area contributed by atoms with E-state index in [1.165, 1.54) is 0 Å². The lowest BCUT2D eigenvalue weighted by Gasteiger charge is -2.30. The fraction of sp³-hybridized carbons (Fsp3) is 0.833. The van der Waals surface area contributed by atoms with E-state index in [4.69, 9.17) is 5.11 Å². The summed E-state index contributed by atoms with van der Waals surface area (Å²) in [5.74, 6) is -1.00. The lowest BCUT2D eigenvalue weighted by Crippen LogP contribution is -2.45. The quantitative estimate of drug-likeness (QED) is 0.728. The molecule has 2 saturated heterocycles. The zero-order valence-corrected chi connectivity index (χ0v) is 10.2. The number of nitrogens with one attached hydrogen (secondary N) is 1. The van der Waals surface area contributed by atoms with Crippen LogP contribution in [0.5, 0.6) is 0 Å². The number of rotatable bonds is 2. The molecule has 0 aliphatic carbocycles. The molecule has 96 valence electrons. The molecule has 2 aliphatic heterocycles. The molecule has 0 spiro atoms. The maximum atomic E-state index is 12.3. The smallest absolute Gasteiger partial charge is 0.308 e. The standard InChI is InChI=1S/C12H20N2O3/c1-8-10(12(16)17)4-6-14(8)11(15)9-3-2-5-13-7-9/h8-10,13H,2-7H2,1H3,(H,16,17). The second-order valence-electron chi connectivity index (χ2n) is 5.05. The van der Waals surface area contributed by atoms with Gasteiger partial charge in [0.05, 0.1) is 11.8 Å². The SMILES string of the molecule is CC1C(C(=O)O)CCN1C(=O)C1CCCNC1. The normalized spacial score (nSPS) is 33.7. The molecule has 3 unspecified atom stereocenters. The molecule has 2 N–H and O–H groups in total. The number of carbonyl (C=O) groups is 2. The van der Waals surface area contributed by atoms with Crippen LogP contribution in [-0.2, 0) is 9.59 Å². The largest absolute Gasteiger partial charge is 0.481 e. The molecule has 5 heteroatoms. The number of likely N-dealkylation sites (tertiary alicyclic amines) is 1. The number of carbonyl (C=O) groups excluding carboxylic acids is 1. The first-order chi connectivity index (χ1) is 8.11. The van der Waals surface area contributed by atoms with Crippen LogP contribution in [0.1, 0.15) is 26.2 Å². The number of hydrogen-bond acceptors (Lipinski definition) is 3. The highest BCUT2D eigenvalue weighted by atomic mass is 16.4. The van der Waals surface area contributed by atoms with Gasteiger partial charge in [-0.15, -0.1) is 0 Å². The summed E-state index contributed by atoms with van der Waals surface area (Å²) < 4.78 is 0. The molecule has 2 fully saturated rings. The van der Waals surface area contributed by atoms with Crippen molar-refractivity contribution < 1.29 is 14.7 Å². The van der Waals surface area contributed by atoms with Gasteiger partial charge in [0.15, 0.2) is 0 Å². The highest BCUT2D eigenvalue weighted by molar-refractivity contribution is 5.81. The van der Waals surface area contributed by atoms with Crippen molar-refractivity contribution in [3.8, 4) is 0 Å². The molecule has 17 heavy (non-hydrogen) atoms. The molecule has 0 aromatic carbocycles. The lowest BCUT2D eigenvalue weighted by molar-refractivity contribution is -0.143. The Morgan fingerprint density at radius 3 is 2.65 bits per heavy atom. The average Bonchev–Trinajstić information content (AvgIpc) is 2.71.